The van der Waals surface area contributed by atoms with Crippen molar-refractivity contribution >= 4 is 56.1 Å². The topological polar surface area (TPSA) is 19.6 Å². The molecule has 0 amide bonds. The zero-order valence-corrected chi connectivity index (χ0v) is 34.6. The molecule has 10 aromatic carbocycles. The zero-order valence-electron chi connectivity index (χ0n) is 34.6. The van der Waals surface area contributed by atoms with Crippen LogP contribution in [-0.2, 0) is 0 Å². The van der Waals surface area contributed by atoms with Gasteiger partial charge in [-0.1, -0.05) is 170 Å². The molecule has 1 aromatic heterocycles. The highest BCUT2D eigenvalue weighted by molar-refractivity contribution is 6.07. The van der Waals surface area contributed by atoms with E-state index in [4.69, 9.17) is 4.42 Å². The third-order valence-electron chi connectivity index (χ3n) is 11.9. The van der Waals surface area contributed by atoms with E-state index in [0.29, 0.717) is 0 Å². The van der Waals surface area contributed by atoms with E-state index in [9.17, 15) is 0 Å². The van der Waals surface area contributed by atoms with E-state index in [1.807, 2.05) is 0 Å². The van der Waals surface area contributed by atoms with Gasteiger partial charge in [0.05, 0.1) is 0 Å². The van der Waals surface area contributed by atoms with Crippen LogP contribution in [0.25, 0.3) is 66.4 Å². The van der Waals surface area contributed by atoms with Gasteiger partial charge in [-0.05, 0) is 117 Å². The van der Waals surface area contributed by atoms with E-state index >= 15 is 0 Å². The summed E-state index contributed by atoms with van der Waals surface area (Å²) < 4.78 is 6.83. The van der Waals surface area contributed by atoms with Crippen molar-refractivity contribution < 1.29 is 4.42 Å². The van der Waals surface area contributed by atoms with E-state index < -0.39 is 0 Å². The molecule has 0 radical (unpaired) electrons. The number of fused-ring (bicyclic) bond motifs is 3. The summed E-state index contributed by atoms with van der Waals surface area (Å²) in [4.78, 5) is 4.61. The summed E-state index contributed by atoms with van der Waals surface area (Å²) in [5.41, 5.74) is 17.4. The SMILES string of the molecule is c1ccc(-c2ccc(N(c3ccc(-c4ccccc4)cc3)c3ccc4c(c3)oc3cc(N(c5ccc(-c6ccccc6)cc5)c5ccc(-c6ccccc6)cc5)ccc34)cc2)cc1. The standard InChI is InChI=1S/C60H42N2O/c1-5-13-43(14-6-1)47-21-29-51(30-22-47)61(52-31-23-48(24-32-52)44-15-7-2-8-16-44)55-37-39-57-58-40-38-56(42-60(58)63-59(57)41-55)62(53-33-25-49(26-34-53)45-17-9-3-10-18-45)54-35-27-50(28-36-54)46-19-11-4-12-20-46/h1-42H. The zero-order chi connectivity index (χ0) is 42.0. The van der Waals surface area contributed by atoms with E-state index in [0.717, 1.165) is 56.1 Å². The van der Waals surface area contributed by atoms with Gasteiger partial charge in [0.1, 0.15) is 11.2 Å². The first kappa shape index (κ1) is 37.6. The summed E-state index contributed by atoms with van der Waals surface area (Å²) in [6.45, 7) is 0. The smallest absolute Gasteiger partial charge is 0.137 e. The van der Waals surface area contributed by atoms with Crippen LogP contribution in [0.5, 0.6) is 0 Å². The number of hydrogen-bond acceptors (Lipinski definition) is 3. The van der Waals surface area contributed by atoms with Gasteiger partial charge in [0.15, 0.2) is 0 Å². The summed E-state index contributed by atoms with van der Waals surface area (Å²) in [6, 6.07) is 90.5. The van der Waals surface area contributed by atoms with Crippen LogP contribution in [0.4, 0.5) is 34.1 Å². The fourth-order valence-electron chi connectivity index (χ4n) is 8.66. The molecule has 0 unspecified atom stereocenters. The molecule has 0 fully saturated rings. The van der Waals surface area contributed by atoms with Gasteiger partial charge < -0.3 is 14.2 Å². The van der Waals surface area contributed by atoms with Crippen molar-refractivity contribution in [2.75, 3.05) is 9.80 Å². The third-order valence-corrected chi connectivity index (χ3v) is 11.9. The number of anilines is 6. The predicted octanol–water partition coefficient (Wildman–Crippen LogP) is 17.2. The van der Waals surface area contributed by atoms with Gasteiger partial charge >= 0.3 is 0 Å². The Labute approximate surface area is 368 Å². The molecule has 298 valence electrons. The molecule has 63 heavy (non-hydrogen) atoms. The molecule has 0 N–H and O–H groups in total. The lowest BCUT2D eigenvalue weighted by Crippen LogP contribution is -2.09. The van der Waals surface area contributed by atoms with Crippen molar-refractivity contribution in [3.63, 3.8) is 0 Å². The fourth-order valence-corrected chi connectivity index (χ4v) is 8.66. The van der Waals surface area contributed by atoms with Crippen LogP contribution < -0.4 is 9.80 Å². The van der Waals surface area contributed by atoms with Crippen LogP contribution >= 0.6 is 0 Å². The Bertz CT molecular complexity index is 2880. The van der Waals surface area contributed by atoms with E-state index in [1.165, 1.54) is 44.5 Å². The first-order chi connectivity index (χ1) is 31.2. The first-order valence-corrected chi connectivity index (χ1v) is 21.4. The van der Waals surface area contributed by atoms with Crippen LogP contribution in [0.3, 0.4) is 0 Å². The molecule has 11 rings (SSSR count). The minimum Gasteiger partial charge on any atom is -0.456 e. The van der Waals surface area contributed by atoms with Crippen molar-refractivity contribution in [1.29, 1.82) is 0 Å². The number of nitrogens with zero attached hydrogens (tertiary/aromatic N) is 2. The normalized spacial score (nSPS) is 11.2. The molecule has 0 atom stereocenters. The Kier molecular flexibility index (Phi) is 9.89. The highest BCUT2D eigenvalue weighted by Gasteiger charge is 2.19. The number of furan rings is 1. The average molecular weight is 807 g/mol. The summed E-state index contributed by atoms with van der Waals surface area (Å²) in [5.74, 6) is 0. The molecule has 0 saturated carbocycles. The average Bonchev–Trinajstić information content (AvgIpc) is 3.73. The monoisotopic (exact) mass is 806 g/mol. The van der Waals surface area contributed by atoms with Gasteiger partial charge in [-0.3, -0.25) is 0 Å². The van der Waals surface area contributed by atoms with Crippen molar-refractivity contribution in [2.45, 2.75) is 0 Å². The minimum atomic E-state index is 0.831. The van der Waals surface area contributed by atoms with Crippen LogP contribution in [-0.4, -0.2) is 0 Å². The maximum Gasteiger partial charge on any atom is 0.137 e. The van der Waals surface area contributed by atoms with Crippen molar-refractivity contribution in [2.24, 2.45) is 0 Å². The number of hydrogen-bond donors (Lipinski definition) is 0. The fraction of sp³-hybridized carbons (Fsp3) is 0. The van der Waals surface area contributed by atoms with Crippen LogP contribution in [0, 0.1) is 0 Å². The highest BCUT2D eigenvalue weighted by Crippen LogP contribution is 2.43. The van der Waals surface area contributed by atoms with Crippen molar-refractivity contribution in [3.8, 4) is 44.5 Å². The third kappa shape index (κ3) is 7.54. The lowest BCUT2D eigenvalue weighted by atomic mass is 10.0. The Balaban J connectivity index is 0.986. The largest absolute Gasteiger partial charge is 0.456 e. The second-order valence-electron chi connectivity index (χ2n) is 15.8. The molecule has 0 aliphatic heterocycles. The maximum atomic E-state index is 6.83. The Hall–Kier alpha value is -8.40. The van der Waals surface area contributed by atoms with Crippen molar-refractivity contribution in [3.05, 3.63) is 255 Å². The first-order valence-electron chi connectivity index (χ1n) is 21.4. The lowest BCUT2D eigenvalue weighted by Gasteiger charge is -2.26. The molecule has 0 saturated heterocycles. The summed E-state index contributed by atoms with van der Waals surface area (Å²) in [5, 5.41) is 2.15. The molecule has 3 heteroatoms. The highest BCUT2D eigenvalue weighted by atomic mass is 16.3. The quantitative estimate of drug-likeness (QED) is 0.137. The van der Waals surface area contributed by atoms with E-state index in [2.05, 4.69) is 265 Å². The molecule has 0 spiro atoms. The van der Waals surface area contributed by atoms with Gasteiger partial charge in [0.2, 0.25) is 0 Å². The van der Waals surface area contributed by atoms with Crippen LogP contribution in [0.1, 0.15) is 0 Å². The molecular weight excluding hydrogens is 765 g/mol. The summed E-state index contributed by atoms with van der Waals surface area (Å²) in [7, 11) is 0. The van der Waals surface area contributed by atoms with E-state index in [-0.39, 0.29) is 0 Å². The lowest BCUT2D eigenvalue weighted by molar-refractivity contribution is 0.669. The second kappa shape index (κ2) is 16.6. The Morgan fingerprint density at radius 1 is 0.206 bits per heavy atom. The minimum absolute atomic E-state index is 0.831. The summed E-state index contributed by atoms with van der Waals surface area (Å²) >= 11 is 0. The molecule has 11 aromatic rings. The van der Waals surface area contributed by atoms with Gasteiger partial charge in [-0.15, -0.1) is 0 Å². The molecule has 0 bridgehead atoms. The molecule has 0 aliphatic rings. The maximum absolute atomic E-state index is 6.83. The van der Waals surface area contributed by atoms with Gasteiger partial charge in [-0.25, -0.2) is 0 Å². The van der Waals surface area contributed by atoms with Crippen molar-refractivity contribution in [1.82, 2.24) is 0 Å². The van der Waals surface area contributed by atoms with Gasteiger partial charge in [-0.2, -0.15) is 0 Å². The predicted molar refractivity (Wildman–Crippen MR) is 265 cm³/mol. The Morgan fingerprint density at radius 3 is 0.683 bits per heavy atom. The van der Waals surface area contributed by atoms with Crippen LogP contribution in [0.15, 0.2) is 259 Å². The molecular formula is C60H42N2O. The molecule has 3 nitrogen and oxygen atoms in total. The number of benzene rings is 10. The van der Waals surface area contributed by atoms with Gasteiger partial charge in [0.25, 0.3) is 0 Å². The van der Waals surface area contributed by atoms with Crippen LogP contribution in [0.2, 0.25) is 0 Å². The molecule has 1 heterocycles. The second-order valence-corrected chi connectivity index (χ2v) is 15.8. The number of rotatable bonds is 10. The Morgan fingerprint density at radius 2 is 0.429 bits per heavy atom. The summed E-state index contributed by atoms with van der Waals surface area (Å²) in [6.07, 6.45) is 0. The molecule has 0 aliphatic carbocycles. The van der Waals surface area contributed by atoms with Gasteiger partial charge in [0, 0.05) is 57.0 Å². The van der Waals surface area contributed by atoms with E-state index in [1.54, 1.807) is 0 Å².